The summed E-state index contributed by atoms with van der Waals surface area (Å²) in [4.78, 5) is 4.45. The standard InChI is InChI=1S/C13H18N4O2/c1-8-9(2)15-16-11(8)3-4-12-14-13(17-19-12)10-5-6-18-7-10/h10H,3-7H2,1-2H3,(H,15,16)/t10-/m1/s1. The number of H-pyrrole nitrogens is 1. The van der Waals surface area contributed by atoms with E-state index in [1.165, 1.54) is 5.56 Å². The summed E-state index contributed by atoms with van der Waals surface area (Å²) in [6, 6.07) is 0. The summed E-state index contributed by atoms with van der Waals surface area (Å²) in [6.07, 6.45) is 2.53. The number of ether oxygens (including phenoxy) is 1. The van der Waals surface area contributed by atoms with Crippen molar-refractivity contribution in [2.75, 3.05) is 13.2 Å². The number of hydrogen-bond acceptors (Lipinski definition) is 5. The fourth-order valence-corrected chi connectivity index (χ4v) is 2.28. The highest BCUT2D eigenvalue weighted by molar-refractivity contribution is 5.22. The molecule has 0 saturated carbocycles. The van der Waals surface area contributed by atoms with Gasteiger partial charge in [-0.05, 0) is 25.8 Å². The Labute approximate surface area is 111 Å². The maximum atomic E-state index is 5.33. The Balaban J connectivity index is 1.62. The van der Waals surface area contributed by atoms with Crippen LogP contribution in [0, 0.1) is 13.8 Å². The Morgan fingerprint density at radius 1 is 1.32 bits per heavy atom. The second-order valence-corrected chi connectivity index (χ2v) is 5.03. The number of nitrogens with one attached hydrogen (secondary N) is 1. The fourth-order valence-electron chi connectivity index (χ4n) is 2.28. The molecule has 6 heteroatoms. The SMILES string of the molecule is Cc1[nH]nc(CCc2nc([C@@H]3CCOC3)no2)c1C. The number of aromatic nitrogens is 4. The molecule has 0 radical (unpaired) electrons. The van der Waals surface area contributed by atoms with Gasteiger partial charge in [-0.2, -0.15) is 10.1 Å². The molecule has 1 aliphatic rings. The molecule has 3 heterocycles. The number of rotatable bonds is 4. The summed E-state index contributed by atoms with van der Waals surface area (Å²) < 4.78 is 10.6. The van der Waals surface area contributed by atoms with Gasteiger partial charge in [0, 0.05) is 31.1 Å². The number of nitrogens with zero attached hydrogens (tertiary/aromatic N) is 3. The quantitative estimate of drug-likeness (QED) is 0.907. The van der Waals surface area contributed by atoms with E-state index in [-0.39, 0.29) is 0 Å². The normalized spacial score (nSPS) is 19.2. The van der Waals surface area contributed by atoms with Gasteiger partial charge in [-0.3, -0.25) is 5.10 Å². The first-order valence-electron chi connectivity index (χ1n) is 6.64. The van der Waals surface area contributed by atoms with Crippen LogP contribution in [0.5, 0.6) is 0 Å². The molecule has 2 aromatic rings. The van der Waals surface area contributed by atoms with Crippen LogP contribution in [0.4, 0.5) is 0 Å². The van der Waals surface area contributed by atoms with Crippen molar-refractivity contribution in [1.82, 2.24) is 20.3 Å². The van der Waals surface area contributed by atoms with Gasteiger partial charge in [-0.1, -0.05) is 5.16 Å². The Morgan fingerprint density at radius 3 is 2.89 bits per heavy atom. The number of aromatic amines is 1. The second-order valence-electron chi connectivity index (χ2n) is 5.03. The largest absolute Gasteiger partial charge is 0.381 e. The summed E-state index contributed by atoms with van der Waals surface area (Å²) in [6.45, 7) is 5.59. The van der Waals surface area contributed by atoms with Crippen molar-refractivity contribution in [3.63, 3.8) is 0 Å². The van der Waals surface area contributed by atoms with Crippen LogP contribution in [0.15, 0.2) is 4.52 Å². The first-order valence-corrected chi connectivity index (χ1v) is 6.64. The molecule has 0 unspecified atom stereocenters. The third-order valence-corrected chi connectivity index (χ3v) is 3.71. The van der Waals surface area contributed by atoms with Gasteiger partial charge in [-0.15, -0.1) is 0 Å². The summed E-state index contributed by atoms with van der Waals surface area (Å²) in [5.41, 5.74) is 3.40. The van der Waals surface area contributed by atoms with E-state index in [1.807, 2.05) is 6.92 Å². The number of hydrogen-bond donors (Lipinski definition) is 1. The molecule has 1 aliphatic heterocycles. The summed E-state index contributed by atoms with van der Waals surface area (Å²) in [5, 5.41) is 11.3. The molecule has 19 heavy (non-hydrogen) atoms. The van der Waals surface area contributed by atoms with E-state index in [2.05, 4.69) is 27.3 Å². The van der Waals surface area contributed by atoms with E-state index in [0.29, 0.717) is 18.4 Å². The molecule has 1 saturated heterocycles. The lowest BCUT2D eigenvalue weighted by atomic mass is 10.1. The third kappa shape index (κ3) is 2.53. The van der Waals surface area contributed by atoms with Gasteiger partial charge in [0.15, 0.2) is 5.82 Å². The van der Waals surface area contributed by atoms with Gasteiger partial charge < -0.3 is 9.26 Å². The highest BCUT2D eigenvalue weighted by Gasteiger charge is 2.23. The first-order chi connectivity index (χ1) is 9.24. The van der Waals surface area contributed by atoms with Crippen LogP contribution in [0.25, 0.3) is 0 Å². The summed E-state index contributed by atoms with van der Waals surface area (Å²) >= 11 is 0. The highest BCUT2D eigenvalue weighted by Crippen LogP contribution is 2.22. The lowest BCUT2D eigenvalue weighted by Crippen LogP contribution is -2.00. The lowest BCUT2D eigenvalue weighted by Gasteiger charge is -1.97. The maximum Gasteiger partial charge on any atom is 0.227 e. The van der Waals surface area contributed by atoms with Crippen LogP contribution in [-0.4, -0.2) is 33.6 Å². The summed E-state index contributed by atoms with van der Waals surface area (Å²) in [7, 11) is 0. The molecule has 1 atom stereocenters. The molecule has 6 nitrogen and oxygen atoms in total. The minimum atomic E-state index is 0.298. The van der Waals surface area contributed by atoms with Gasteiger partial charge >= 0.3 is 0 Å². The van der Waals surface area contributed by atoms with Crippen molar-refractivity contribution in [3.8, 4) is 0 Å². The van der Waals surface area contributed by atoms with E-state index in [9.17, 15) is 0 Å². The third-order valence-electron chi connectivity index (χ3n) is 3.71. The Kier molecular flexibility index (Phi) is 3.33. The number of aryl methyl sites for hydroxylation is 3. The van der Waals surface area contributed by atoms with Crippen molar-refractivity contribution < 1.29 is 9.26 Å². The predicted octanol–water partition coefficient (Wildman–Crippen LogP) is 1.70. The Morgan fingerprint density at radius 2 is 2.21 bits per heavy atom. The first kappa shape index (κ1) is 12.3. The molecule has 0 aliphatic carbocycles. The molecule has 0 bridgehead atoms. The summed E-state index contributed by atoms with van der Waals surface area (Å²) in [5.74, 6) is 1.76. The smallest absolute Gasteiger partial charge is 0.227 e. The highest BCUT2D eigenvalue weighted by atomic mass is 16.5. The molecular weight excluding hydrogens is 244 g/mol. The zero-order chi connectivity index (χ0) is 13.2. The molecule has 1 N–H and O–H groups in total. The molecular formula is C13H18N4O2. The molecule has 3 rings (SSSR count). The maximum absolute atomic E-state index is 5.33. The van der Waals surface area contributed by atoms with Gasteiger partial charge in [-0.25, -0.2) is 0 Å². The van der Waals surface area contributed by atoms with Gasteiger partial charge in [0.2, 0.25) is 5.89 Å². The molecule has 0 amide bonds. The molecule has 0 spiro atoms. The van der Waals surface area contributed by atoms with Crippen LogP contribution < -0.4 is 0 Å². The molecule has 102 valence electrons. The van der Waals surface area contributed by atoms with Crippen LogP contribution in [-0.2, 0) is 17.6 Å². The fraction of sp³-hybridized carbons (Fsp3) is 0.615. The van der Waals surface area contributed by atoms with Crippen molar-refractivity contribution in [2.24, 2.45) is 0 Å². The van der Waals surface area contributed by atoms with E-state index in [1.54, 1.807) is 0 Å². The second kappa shape index (κ2) is 5.13. The zero-order valence-corrected chi connectivity index (χ0v) is 11.3. The van der Waals surface area contributed by atoms with Crippen LogP contribution >= 0.6 is 0 Å². The molecule has 1 fully saturated rings. The van der Waals surface area contributed by atoms with Crippen molar-refractivity contribution >= 4 is 0 Å². The lowest BCUT2D eigenvalue weighted by molar-refractivity contribution is 0.192. The topological polar surface area (TPSA) is 76.8 Å². The van der Waals surface area contributed by atoms with E-state index in [4.69, 9.17) is 9.26 Å². The minimum Gasteiger partial charge on any atom is -0.381 e. The Bertz CT molecular complexity index is 555. The van der Waals surface area contributed by atoms with Crippen LogP contribution in [0.1, 0.15) is 41.0 Å². The van der Waals surface area contributed by atoms with Gasteiger partial charge in [0.1, 0.15) is 0 Å². The van der Waals surface area contributed by atoms with Crippen LogP contribution in [0.2, 0.25) is 0 Å². The van der Waals surface area contributed by atoms with Gasteiger partial charge in [0.05, 0.1) is 12.3 Å². The van der Waals surface area contributed by atoms with E-state index >= 15 is 0 Å². The van der Waals surface area contributed by atoms with Crippen molar-refractivity contribution in [2.45, 2.75) is 39.0 Å². The average Bonchev–Trinajstić information content (AvgIpc) is 3.11. The van der Waals surface area contributed by atoms with Gasteiger partial charge in [0.25, 0.3) is 0 Å². The van der Waals surface area contributed by atoms with Crippen LogP contribution in [0.3, 0.4) is 0 Å². The van der Waals surface area contributed by atoms with E-state index in [0.717, 1.165) is 43.1 Å². The van der Waals surface area contributed by atoms with Crippen molar-refractivity contribution in [1.29, 1.82) is 0 Å². The van der Waals surface area contributed by atoms with E-state index < -0.39 is 0 Å². The average molecular weight is 262 g/mol. The van der Waals surface area contributed by atoms with Crippen molar-refractivity contribution in [3.05, 3.63) is 28.7 Å². The minimum absolute atomic E-state index is 0.298. The zero-order valence-electron chi connectivity index (χ0n) is 11.3. The Hall–Kier alpha value is -1.69. The molecule has 0 aromatic carbocycles. The predicted molar refractivity (Wildman–Crippen MR) is 67.9 cm³/mol. The monoisotopic (exact) mass is 262 g/mol. The molecule has 2 aromatic heterocycles.